The molecule has 6 nitrogen and oxygen atoms in total. The molecule has 0 aliphatic rings. The molecular weight excluding hydrogens is 248 g/mol. The fourth-order valence-corrected chi connectivity index (χ4v) is 1.54. The molecule has 0 saturated heterocycles. The first-order valence-electron chi connectivity index (χ1n) is 6.95. The number of rotatable bonds is 12. The van der Waals surface area contributed by atoms with Gasteiger partial charge in [0.1, 0.15) is 0 Å². The Balaban J connectivity index is 3.22. The molecule has 0 spiro atoms. The lowest BCUT2D eigenvalue weighted by atomic mass is 10.2. The second-order valence-electron chi connectivity index (χ2n) is 4.41. The molecule has 6 heteroatoms. The fraction of sp³-hybridized carbons (Fsp3) is 0.846. The molecule has 0 bridgehead atoms. The summed E-state index contributed by atoms with van der Waals surface area (Å²) >= 11 is 0. The minimum atomic E-state index is -0.0219. The van der Waals surface area contributed by atoms with Crippen LogP contribution in [0.4, 0.5) is 0 Å². The second-order valence-corrected chi connectivity index (χ2v) is 4.41. The van der Waals surface area contributed by atoms with E-state index in [0.29, 0.717) is 38.8 Å². The predicted octanol–water partition coefficient (Wildman–Crippen LogP) is -0.0659. The van der Waals surface area contributed by atoms with Gasteiger partial charge in [-0.25, -0.2) is 0 Å². The van der Waals surface area contributed by atoms with Gasteiger partial charge in [0, 0.05) is 39.1 Å². The standard InChI is InChI=1S/C13H26N2O4/c16-10-4-6-12(18)14-8-2-1-3-9-15-13(19)7-5-11-17/h16-17H,1-11H2,(H,14,18)(H,15,19). The highest BCUT2D eigenvalue weighted by Crippen LogP contribution is 1.94. The van der Waals surface area contributed by atoms with E-state index >= 15 is 0 Å². The van der Waals surface area contributed by atoms with Crippen molar-refractivity contribution in [3.8, 4) is 0 Å². The van der Waals surface area contributed by atoms with Crippen molar-refractivity contribution in [2.24, 2.45) is 0 Å². The summed E-state index contributed by atoms with van der Waals surface area (Å²) in [6.45, 7) is 1.37. The number of nitrogens with one attached hydrogen (secondary N) is 2. The summed E-state index contributed by atoms with van der Waals surface area (Å²) in [6, 6.07) is 0. The van der Waals surface area contributed by atoms with Crippen LogP contribution < -0.4 is 10.6 Å². The van der Waals surface area contributed by atoms with Gasteiger partial charge in [-0.15, -0.1) is 0 Å². The number of carbonyl (C=O) groups is 2. The van der Waals surface area contributed by atoms with Gasteiger partial charge in [0.25, 0.3) is 0 Å². The van der Waals surface area contributed by atoms with E-state index in [2.05, 4.69) is 10.6 Å². The molecule has 0 aliphatic heterocycles. The molecule has 0 rings (SSSR count). The van der Waals surface area contributed by atoms with Crippen LogP contribution in [0.15, 0.2) is 0 Å². The Labute approximate surface area is 114 Å². The Hall–Kier alpha value is -1.14. The highest BCUT2D eigenvalue weighted by atomic mass is 16.3. The lowest BCUT2D eigenvalue weighted by Crippen LogP contribution is -2.25. The molecule has 0 saturated carbocycles. The lowest BCUT2D eigenvalue weighted by Gasteiger charge is -2.06. The van der Waals surface area contributed by atoms with Crippen molar-refractivity contribution in [1.82, 2.24) is 10.6 Å². The van der Waals surface area contributed by atoms with Crippen molar-refractivity contribution < 1.29 is 19.8 Å². The van der Waals surface area contributed by atoms with E-state index in [0.717, 1.165) is 19.3 Å². The molecule has 0 aromatic carbocycles. The van der Waals surface area contributed by atoms with E-state index in [1.54, 1.807) is 0 Å². The Morgan fingerprint density at radius 3 is 1.47 bits per heavy atom. The number of hydrogen-bond acceptors (Lipinski definition) is 4. The third kappa shape index (κ3) is 13.1. The zero-order valence-electron chi connectivity index (χ0n) is 11.5. The maximum Gasteiger partial charge on any atom is 0.220 e. The maximum absolute atomic E-state index is 11.2. The van der Waals surface area contributed by atoms with Gasteiger partial charge >= 0.3 is 0 Å². The number of unbranched alkanes of at least 4 members (excludes halogenated alkanes) is 2. The molecule has 0 aliphatic carbocycles. The summed E-state index contributed by atoms with van der Waals surface area (Å²) in [4.78, 5) is 22.4. The average molecular weight is 274 g/mol. The van der Waals surface area contributed by atoms with Crippen LogP contribution in [-0.2, 0) is 9.59 Å². The minimum absolute atomic E-state index is 0.0219. The highest BCUT2D eigenvalue weighted by Gasteiger charge is 2.00. The molecule has 4 N–H and O–H groups in total. The largest absolute Gasteiger partial charge is 0.396 e. The number of carbonyl (C=O) groups excluding carboxylic acids is 2. The molecule has 0 unspecified atom stereocenters. The molecular formula is C13H26N2O4. The van der Waals surface area contributed by atoms with Crippen molar-refractivity contribution in [3.63, 3.8) is 0 Å². The monoisotopic (exact) mass is 274 g/mol. The molecule has 112 valence electrons. The molecule has 0 aromatic heterocycles. The smallest absolute Gasteiger partial charge is 0.220 e. The van der Waals surface area contributed by atoms with Crippen LogP contribution >= 0.6 is 0 Å². The molecule has 2 amide bonds. The molecule has 0 fully saturated rings. The van der Waals surface area contributed by atoms with Crippen LogP contribution in [-0.4, -0.2) is 48.3 Å². The third-order valence-electron chi connectivity index (χ3n) is 2.62. The van der Waals surface area contributed by atoms with E-state index in [4.69, 9.17) is 10.2 Å². The quantitative estimate of drug-likeness (QED) is 0.374. The maximum atomic E-state index is 11.2. The van der Waals surface area contributed by atoms with Gasteiger partial charge in [0.2, 0.25) is 11.8 Å². The van der Waals surface area contributed by atoms with E-state index in [-0.39, 0.29) is 25.0 Å². The number of aliphatic hydroxyl groups excluding tert-OH is 2. The molecule has 0 radical (unpaired) electrons. The molecule has 19 heavy (non-hydrogen) atoms. The SMILES string of the molecule is O=C(CCCO)NCCCCCNC(=O)CCCO. The van der Waals surface area contributed by atoms with Crippen molar-refractivity contribution in [2.75, 3.05) is 26.3 Å². The van der Waals surface area contributed by atoms with Crippen LogP contribution in [0.1, 0.15) is 44.9 Å². The van der Waals surface area contributed by atoms with Gasteiger partial charge in [-0.2, -0.15) is 0 Å². The highest BCUT2D eigenvalue weighted by molar-refractivity contribution is 5.76. The van der Waals surface area contributed by atoms with Gasteiger partial charge < -0.3 is 20.8 Å². The predicted molar refractivity (Wildman–Crippen MR) is 72.5 cm³/mol. The first-order chi connectivity index (χ1) is 9.20. The summed E-state index contributed by atoms with van der Waals surface area (Å²) in [5.74, 6) is -0.0438. The zero-order chi connectivity index (χ0) is 14.3. The first kappa shape index (κ1) is 17.9. The summed E-state index contributed by atoms with van der Waals surface area (Å²) in [5.41, 5.74) is 0. The van der Waals surface area contributed by atoms with Crippen molar-refractivity contribution in [3.05, 3.63) is 0 Å². The lowest BCUT2D eigenvalue weighted by molar-refractivity contribution is -0.122. The average Bonchev–Trinajstić information content (AvgIpc) is 2.41. The summed E-state index contributed by atoms with van der Waals surface area (Å²) in [6.07, 6.45) is 4.47. The van der Waals surface area contributed by atoms with E-state index in [9.17, 15) is 9.59 Å². The van der Waals surface area contributed by atoms with Gasteiger partial charge in [-0.1, -0.05) is 0 Å². The van der Waals surface area contributed by atoms with E-state index < -0.39 is 0 Å². The Bertz CT molecular complexity index is 223. The second kappa shape index (κ2) is 13.3. The Kier molecular flexibility index (Phi) is 12.5. The number of amides is 2. The van der Waals surface area contributed by atoms with Crippen LogP contribution in [0.3, 0.4) is 0 Å². The third-order valence-corrected chi connectivity index (χ3v) is 2.62. The van der Waals surface area contributed by atoms with Crippen LogP contribution in [0.2, 0.25) is 0 Å². The van der Waals surface area contributed by atoms with Gasteiger partial charge in [0.15, 0.2) is 0 Å². The van der Waals surface area contributed by atoms with Gasteiger partial charge in [-0.3, -0.25) is 9.59 Å². The van der Waals surface area contributed by atoms with Gasteiger partial charge in [-0.05, 0) is 32.1 Å². The summed E-state index contributed by atoms with van der Waals surface area (Å²) in [5, 5.41) is 22.7. The van der Waals surface area contributed by atoms with Crippen molar-refractivity contribution in [1.29, 1.82) is 0 Å². The normalized spacial score (nSPS) is 10.2. The Morgan fingerprint density at radius 1 is 0.684 bits per heavy atom. The van der Waals surface area contributed by atoms with Crippen molar-refractivity contribution in [2.45, 2.75) is 44.9 Å². The first-order valence-corrected chi connectivity index (χ1v) is 6.95. The van der Waals surface area contributed by atoms with Crippen LogP contribution in [0, 0.1) is 0 Å². The fourth-order valence-electron chi connectivity index (χ4n) is 1.54. The minimum Gasteiger partial charge on any atom is -0.396 e. The van der Waals surface area contributed by atoms with Crippen LogP contribution in [0.25, 0.3) is 0 Å². The van der Waals surface area contributed by atoms with Crippen LogP contribution in [0.5, 0.6) is 0 Å². The van der Waals surface area contributed by atoms with Crippen molar-refractivity contribution >= 4 is 11.8 Å². The topological polar surface area (TPSA) is 98.7 Å². The number of hydrogen-bond donors (Lipinski definition) is 4. The summed E-state index contributed by atoms with van der Waals surface area (Å²) in [7, 11) is 0. The number of aliphatic hydroxyl groups is 2. The van der Waals surface area contributed by atoms with E-state index in [1.165, 1.54) is 0 Å². The molecule has 0 aromatic rings. The van der Waals surface area contributed by atoms with E-state index in [1.807, 2.05) is 0 Å². The Morgan fingerprint density at radius 2 is 1.11 bits per heavy atom. The molecule has 0 heterocycles. The van der Waals surface area contributed by atoms with Gasteiger partial charge in [0.05, 0.1) is 0 Å². The molecule has 0 atom stereocenters. The zero-order valence-corrected chi connectivity index (χ0v) is 11.5. The summed E-state index contributed by atoms with van der Waals surface area (Å²) < 4.78 is 0.